The Morgan fingerprint density at radius 1 is 1.47 bits per heavy atom. The van der Waals surface area contributed by atoms with Gasteiger partial charge in [0, 0.05) is 18.7 Å². The molecule has 0 rings (SSSR count). The Morgan fingerprint density at radius 2 is 2.06 bits per heavy atom. The van der Waals surface area contributed by atoms with Crippen molar-refractivity contribution < 1.29 is 27.8 Å². The van der Waals surface area contributed by atoms with Crippen molar-refractivity contribution in [1.29, 1.82) is 0 Å². The van der Waals surface area contributed by atoms with Gasteiger partial charge in [0.2, 0.25) is 0 Å². The molecule has 0 aromatic carbocycles. The number of ether oxygens (including phenoxy) is 1. The Bertz CT molecular complexity index is 266. The zero-order valence-electron chi connectivity index (χ0n) is 9.59. The second kappa shape index (κ2) is 7.29. The molecule has 0 radical (unpaired) electrons. The van der Waals surface area contributed by atoms with Crippen LogP contribution in [0.15, 0.2) is 12.2 Å². The highest BCUT2D eigenvalue weighted by molar-refractivity contribution is 5.88. The van der Waals surface area contributed by atoms with Gasteiger partial charge in [0.05, 0.1) is 19.8 Å². The molecule has 1 N–H and O–H groups in total. The van der Waals surface area contributed by atoms with Crippen molar-refractivity contribution in [1.82, 2.24) is 4.90 Å². The van der Waals surface area contributed by atoms with Crippen LogP contribution in [0.25, 0.3) is 0 Å². The third-order valence-electron chi connectivity index (χ3n) is 1.80. The number of carbonyl (C=O) groups excluding carboxylic acids is 1. The molecule has 0 spiro atoms. The summed E-state index contributed by atoms with van der Waals surface area (Å²) in [6.07, 6.45) is -4.38. The summed E-state index contributed by atoms with van der Waals surface area (Å²) in [5.41, 5.74) is -0.0652. The van der Waals surface area contributed by atoms with Crippen LogP contribution in [-0.2, 0) is 9.53 Å². The number of alkyl halides is 3. The molecule has 7 heteroatoms. The van der Waals surface area contributed by atoms with Crippen LogP contribution in [0.5, 0.6) is 0 Å². The van der Waals surface area contributed by atoms with Crippen LogP contribution in [0.1, 0.15) is 6.92 Å². The van der Waals surface area contributed by atoms with Gasteiger partial charge in [-0.2, -0.15) is 13.2 Å². The zero-order valence-corrected chi connectivity index (χ0v) is 9.59. The van der Waals surface area contributed by atoms with E-state index < -0.39 is 25.3 Å². The van der Waals surface area contributed by atoms with E-state index in [-0.39, 0.29) is 25.3 Å². The molecule has 4 nitrogen and oxygen atoms in total. The van der Waals surface area contributed by atoms with Crippen molar-refractivity contribution in [2.75, 3.05) is 32.8 Å². The molecular weight excluding hydrogens is 239 g/mol. The van der Waals surface area contributed by atoms with Crippen LogP contribution >= 0.6 is 0 Å². The molecule has 0 unspecified atom stereocenters. The van der Waals surface area contributed by atoms with Crippen LogP contribution in [0.4, 0.5) is 13.2 Å². The van der Waals surface area contributed by atoms with Gasteiger partial charge in [0.1, 0.15) is 0 Å². The average Bonchev–Trinajstić information content (AvgIpc) is 2.15. The van der Waals surface area contributed by atoms with Gasteiger partial charge in [-0.1, -0.05) is 6.58 Å². The first kappa shape index (κ1) is 15.9. The molecule has 0 amide bonds. The van der Waals surface area contributed by atoms with E-state index in [1.165, 1.54) is 0 Å². The van der Waals surface area contributed by atoms with Gasteiger partial charge in [0.15, 0.2) is 0 Å². The quantitative estimate of drug-likeness (QED) is 0.544. The van der Waals surface area contributed by atoms with Crippen LogP contribution in [0.3, 0.4) is 0 Å². The molecule has 0 aromatic heterocycles. The van der Waals surface area contributed by atoms with Gasteiger partial charge in [-0.15, -0.1) is 0 Å². The first-order valence-electron chi connectivity index (χ1n) is 5.05. The third-order valence-corrected chi connectivity index (χ3v) is 1.80. The van der Waals surface area contributed by atoms with E-state index >= 15 is 0 Å². The fourth-order valence-corrected chi connectivity index (χ4v) is 1.18. The minimum absolute atomic E-state index is 0.0652. The van der Waals surface area contributed by atoms with Crippen molar-refractivity contribution >= 4 is 5.97 Å². The lowest BCUT2D eigenvalue weighted by Crippen LogP contribution is -2.38. The van der Waals surface area contributed by atoms with Crippen molar-refractivity contribution in [2.24, 2.45) is 0 Å². The SMILES string of the molecule is C=C(CN(CCO)CC(F)(F)F)C(=O)OCC. The number of nitrogens with zero attached hydrogens (tertiary/aromatic N) is 1. The van der Waals surface area contributed by atoms with Crippen molar-refractivity contribution in [3.63, 3.8) is 0 Å². The normalized spacial score (nSPS) is 11.6. The summed E-state index contributed by atoms with van der Waals surface area (Å²) in [6, 6.07) is 0. The largest absolute Gasteiger partial charge is 0.463 e. The van der Waals surface area contributed by atoms with E-state index in [1.807, 2.05) is 0 Å². The molecule has 0 heterocycles. The molecule has 100 valence electrons. The Balaban J connectivity index is 4.34. The van der Waals surface area contributed by atoms with Gasteiger partial charge in [0.25, 0.3) is 0 Å². The first-order valence-corrected chi connectivity index (χ1v) is 5.05. The van der Waals surface area contributed by atoms with Gasteiger partial charge >= 0.3 is 12.1 Å². The van der Waals surface area contributed by atoms with Crippen molar-refractivity contribution in [3.8, 4) is 0 Å². The predicted octanol–water partition coefficient (Wildman–Crippen LogP) is 0.962. The number of aliphatic hydroxyl groups is 1. The molecule has 0 aliphatic rings. The van der Waals surface area contributed by atoms with E-state index in [0.717, 1.165) is 4.90 Å². The summed E-state index contributed by atoms with van der Waals surface area (Å²) in [7, 11) is 0. The minimum Gasteiger partial charge on any atom is -0.463 e. The van der Waals surface area contributed by atoms with E-state index in [9.17, 15) is 18.0 Å². The average molecular weight is 255 g/mol. The highest BCUT2D eigenvalue weighted by Crippen LogP contribution is 2.17. The molecule has 0 saturated heterocycles. The van der Waals surface area contributed by atoms with E-state index in [1.54, 1.807) is 6.92 Å². The molecule has 17 heavy (non-hydrogen) atoms. The highest BCUT2D eigenvalue weighted by atomic mass is 19.4. The summed E-state index contributed by atoms with van der Waals surface area (Å²) < 4.78 is 41.1. The van der Waals surface area contributed by atoms with Gasteiger partial charge in [-0.05, 0) is 6.92 Å². The standard InChI is InChI=1S/C10H16F3NO3/c1-3-17-9(16)8(2)6-14(4-5-15)7-10(11,12)13/h15H,2-7H2,1H3. The topological polar surface area (TPSA) is 49.8 Å². The van der Waals surface area contributed by atoms with Crippen LogP contribution in [0.2, 0.25) is 0 Å². The third kappa shape index (κ3) is 7.76. The molecule has 0 atom stereocenters. The summed E-state index contributed by atoms with van der Waals surface area (Å²) in [6.45, 7) is 3.00. The monoisotopic (exact) mass is 255 g/mol. The summed E-state index contributed by atoms with van der Waals surface area (Å²) in [4.78, 5) is 12.0. The van der Waals surface area contributed by atoms with Crippen molar-refractivity contribution in [3.05, 3.63) is 12.2 Å². The number of rotatable bonds is 7. The number of hydrogen-bond donors (Lipinski definition) is 1. The summed E-state index contributed by atoms with van der Waals surface area (Å²) in [5, 5.41) is 8.63. The van der Waals surface area contributed by atoms with Crippen molar-refractivity contribution in [2.45, 2.75) is 13.1 Å². The van der Waals surface area contributed by atoms with E-state index in [0.29, 0.717) is 0 Å². The summed E-state index contributed by atoms with van der Waals surface area (Å²) in [5.74, 6) is -0.724. The van der Waals surface area contributed by atoms with Crippen LogP contribution in [0, 0.1) is 0 Å². The minimum atomic E-state index is -4.38. The number of esters is 1. The second-order valence-corrected chi connectivity index (χ2v) is 3.37. The lowest BCUT2D eigenvalue weighted by atomic mass is 10.2. The van der Waals surface area contributed by atoms with Crippen LogP contribution in [-0.4, -0.2) is 55.0 Å². The second-order valence-electron chi connectivity index (χ2n) is 3.37. The smallest absolute Gasteiger partial charge is 0.401 e. The molecule has 0 bridgehead atoms. The maximum absolute atomic E-state index is 12.2. The van der Waals surface area contributed by atoms with E-state index in [2.05, 4.69) is 11.3 Å². The number of aliphatic hydroxyl groups excluding tert-OH is 1. The lowest BCUT2D eigenvalue weighted by Gasteiger charge is -2.22. The van der Waals surface area contributed by atoms with Gasteiger partial charge in [-0.25, -0.2) is 4.79 Å². The van der Waals surface area contributed by atoms with Gasteiger partial charge < -0.3 is 9.84 Å². The Hall–Kier alpha value is -1.08. The molecule has 0 aliphatic carbocycles. The highest BCUT2D eigenvalue weighted by Gasteiger charge is 2.31. The molecule has 0 aromatic rings. The predicted molar refractivity (Wildman–Crippen MR) is 55.4 cm³/mol. The molecule has 0 aliphatic heterocycles. The van der Waals surface area contributed by atoms with Gasteiger partial charge in [-0.3, -0.25) is 4.90 Å². The Labute approximate surface area is 97.7 Å². The fourth-order valence-electron chi connectivity index (χ4n) is 1.18. The summed E-state index contributed by atoms with van der Waals surface area (Å²) >= 11 is 0. The lowest BCUT2D eigenvalue weighted by molar-refractivity contribution is -0.148. The first-order chi connectivity index (χ1) is 7.80. The van der Waals surface area contributed by atoms with Crippen LogP contribution < -0.4 is 0 Å². The Morgan fingerprint density at radius 3 is 2.47 bits per heavy atom. The number of carbonyl (C=O) groups is 1. The number of halogens is 3. The molecule has 0 saturated carbocycles. The maximum Gasteiger partial charge on any atom is 0.401 e. The molecular formula is C10H16F3NO3. The number of hydrogen-bond acceptors (Lipinski definition) is 4. The molecule has 0 fully saturated rings. The Kier molecular flexibility index (Phi) is 6.82. The fraction of sp³-hybridized carbons (Fsp3) is 0.700. The van der Waals surface area contributed by atoms with E-state index in [4.69, 9.17) is 5.11 Å². The maximum atomic E-state index is 12.2. The zero-order chi connectivity index (χ0) is 13.5.